The highest BCUT2D eigenvalue weighted by molar-refractivity contribution is 5.85. The van der Waals surface area contributed by atoms with Crippen molar-refractivity contribution in [2.75, 3.05) is 0 Å². The molecule has 29 heavy (non-hydrogen) atoms. The number of phenolic OH excluding ortho intramolecular Hbond substituents is 1. The van der Waals surface area contributed by atoms with Crippen LogP contribution in [0.15, 0.2) is 30.3 Å². The maximum atomic E-state index is 14.6. The summed E-state index contributed by atoms with van der Waals surface area (Å²) in [5.74, 6) is 3.25. The van der Waals surface area contributed by atoms with Crippen molar-refractivity contribution >= 4 is 10.8 Å². The van der Waals surface area contributed by atoms with Crippen LogP contribution in [0.5, 0.6) is 5.75 Å². The maximum Gasteiger partial charge on any atom is 0.131 e. The quantitative estimate of drug-likeness (QED) is 0.486. The first-order valence-electron chi connectivity index (χ1n) is 12.1. The first-order valence-corrected chi connectivity index (χ1v) is 12.1. The van der Waals surface area contributed by atoms with E-state index in [2.05, 4.69) is 13.0 Å². The Kier molecular flexibility index (Phi) is 6.77. The summed E-state index contributed by atoms with van der Waals surface area (Å²) in [5, 5.41) is 11.1. The molecule has 2 fully saturated rings. The average Bonchev–Trinajstić information content (AvgIpc) is 2.75. The lowest BCUT2D eigenvalue weighted by Gasteiger charge is -2.38. The Morgan fingerprint density at radius 3 is 2.24 bits per heavy atom. The monoisotopic (exact) mass is 396 g/mol. The van der Waals surface area contributed by atoms with Crippen LogP contribution in [0.3, 0.4) is 0 Å². The van der Waals surface area contributed by atoms with Gasteiger partial charge >= 0.3 is 0 Å². The molecule has 2 saturated carbocycles. The highest BCUT2D eigenvalue weighted by Crippen LogP contribution is 2.45. The molecular weight excluding hydrogens is 359 g/mol. The first kappa shape index (κ1) is 20.7. The minimum absolute atomic E-state index is 0.129. The third kappa shape index (κ3) is 4.95. The fraction of sp³-hybridized carbons (Fsp3) is 0.630. The summed E-state index contributed by atoms with van der Waals surface area (Å²) < 4.78 is 14.6. The summed E-state index contributed by atoms with van der Waals surface area (Å²) in [5.41, 5.74) is 1.15. The molecule has 158 valence electrons. The molecule has 0 spiro atoms. The molecule has 2 aromatic rings. The maximum absolute atomic E-state index is 14.6. The molecule has 0 bridgehead atoms. The van der Waals surface area contributed by atoms with Crippen LogP contribution >= 0.6 is 0 Å². The number of unbranched alkanes of at least 4 members (excludes halogenated alkanes) is 2. The number of benzene rings is 2. The average molecular weight is 397 g/mol. The van der Waals surface area contributed by atoms with Crippen molar-refractivity contribution in [3.8, 4) is 5.75 Å². The van der Waals surface area contributed by atoms with Gasteiger partial charge in [-0.05, 0) is 91.3 Å². The van der Waals surface area contributed by atoms with E-state index in [0.29, 0.717) is 11.3 Å². The van der Waals surface area contributed by atoms with E-state index in [1.54, 1.807) is 12.1 Å². The van der Waals surface area contributed by atoms with Gasteiger partial charge in [0.25, 0.3) is 0 Å². The summed E-state index contributed by atoms with van der Waals surface area (Å²) in [4.78, 5) is 0. The predicted molar refractivity (Wildman–Crippen MR) is 120 cm³/mol. The van der Waals surface area contributed by atoms with E-state index in [1.165, 1.54) is 83.1 Å². The normalized spacial score (nSPS) is 27.9. The molecule has 0 aromatic heterocycles. The lowest BCUT2D eigenvalue weighted by atomic mass is 9.68. The molecule has 2 heteroatoms. The van der Waals surface area contributed by atoms with E-state index >= 15 is 0 Å². The molecule has 0 amide bonds. The van der Waals surface area contributed by atoms with Crippen molar-refractivity contribution in [3.63, 3.8) is 0 Å². The van der Waals surface area contributed by atoms with Crippen LogP contribution in [0.25, 0.3) is 10.8 Å². The van der Waals surface area contributed by atoms with Crippen molar-refractivity contribution in [2.24, 2.45) is 17.8 Å². The molecule has 4 rings (SSSR count). The molecule has 1 N–H and O–H groups in total. The van der Waals surface area contributed by atoms with Gasteiger partial charge in [0.15, 0.2) is 0 Å². The van der Waals surface area contributed by atoms with Gasteiger partial charge in [-0.25, -0.2) is 4.39 Å². The molecule has 0 unspecified atom stereocenters. The van der Waals surface area contributed by atoms with Crippen LogP contribution in [0.4, 0.5) is 4.39 Å². The summed E-state index contributed by atoms with van der Waals surface area (Å²) >= 11 is 0. The van der Waals surface area contributed by atoms with Crippen LogP contribution in [0.2, 0.25) is 0 Å². The van der Waals surface area contributed by atoms with Crippen molar-refractivity contribution in [2.45, 2.75) is 89.9 Å². The molecule has 2 aliphatic carbocycles. The Balaban J connectivity index is 1.31. The topological polar surface area (TPSA) is 20.2 Å². The van der Waals surface area contributed by atoms with Crippen LogP contribution in [-0.4, -0.2) is 5.11 Å². The summed E-state index contributed by atoms with van der Waals surface area (Å²) in [6.07, 6.45) is 16.4. The van der Waals surface area contributed by atoms with Crippen molar-refractivity contribution in [3.05, 3.63) is 41.7 Å². The number of aromatic hydroxyl groups is 1. The van der Waals surface area contributed by atoms with Crippen molar-refractivity contribution < 1.29 is 9.50 Å². The standard InChI is InChI=1S/C27H37FO/c1-2-3-4-5-19-6-8-20(9-7-19)21-10-12-22(13-11-21)24-16-23-14-15-25(29)18-26(23)27(28)17-24/h14-22,29H,2-13H2,1H3. The summed E-state index contributed by atoms with van der Waals surface area (Å²) in [6.45, 7) is 2.30. The van der Waals surface area contributed by atoms with E-state index in [9.17, 15) is 9.50 Å². The van der Waals surface area contributed by atoms with Crippen LogP contribution in [0.1, 0.15) is 95.5 Å². The number of hydrogen-bond donors (Lipinski definition) is 1. The van der Waals surface area contributed by atoms with Crippen LogP contribution < -0.4 is 0 Å². The second-order valence-corrected chi connectivity index (χ2v) is 9.80. The van der Waals surface area contributed by atoms with Crippen molar-refractivity contribution in [1.29, 1.82) is 0 Å². The molecule has 1 nitrogen and oxygen atoms in total. The smallest absolute Gasteiger partial charge is 0.131 e. The first-order chi connectivity index (χ1) is 14.1. The minimum atomic E-state index is -0.197. The van der Waals surface area contributed by atoms with Gasteiger partial charge in [-0.3, -0.25) is 0 Å². The summed E-state index contributed by atoms with van der Waals surface area (Å²) in [7, 11) is 0. The van der Waals surface area contributed by atoms with E-state index < -0.39 is 0 Å². The molecule has 2 aromatic carbocycles. The van der Waals surface area contributed by atoms with Crippen LogP contribution in [0, 0.1) is 23.6 Å². The van der Waals surface area contributed by atoms with Crippen LogP contribution in [-0.2, 0) is 0 Å². The predicted octanol–water partition coefficient (Wildman–Crippen LogP) is 8.35. The SMILES string of the molecule is CCCCCC1CCC(C2CCC(c3cc(F)c4cc(O)ccc4c3)CC2)CC1. The zero-order valence-corrected chi connectivity index (χ0v) is 18.0. The van der Waals surface area contributed by atoms with Gasteiger partial charge < -0.3 is 5.11 Å². The Morgan fingerprint density at radius 2 is 1.55 bits per heavy atom. The lowest BCUT2D eigenvalue weighted by Crippen LogP contribution is -2.25. The van der Waals surface area contributed by atoms with Gasteiger partial charge in [-0.15, -0.1) is 0 Å². The van der Waals surface area contributed by atoms with E-state index in [1.807, 2.05) is 6.07 Å². The Morgan fingerprint density at radius 1 is 0.862 bits per heavy atom. The minimum Gasteiger partial charge on any atom is -0.508 e. The summed E-state index contributed by atoms with van der Waals surface area (Å²) in [6, 6.07) is 8.88. The zero-order valence-electron chi connectivity index (χ0n) is 18.0. The largest absolute Gasteiger partial charge is 0.508 e. The number of phenols is 1. The fourth-order valence-corrected chi connectivity index (χ4v) is 6.11. The molecule has 2 aliphatic rings. The van der Waals surface area contributed by atoms with Gasteiger partial charge in [-0.1, -0.05) is 57.6 Å². The molecule has 0 aliphatic heterocycles. The number of rotatable bonds is 6. The Labute approximate surface area is 175 Å². The van der Waals surface area contributed by atoms with E-state index in [-0.39, 0.29) is 11.6 Å². The van der Waals surface area contributed by atoms with Crippen molar-refractivity contribution in [1.82, 2.24) is 0 Å². The number of hydrogen-bond acceptors (Lipinski definition) is 1. The zero-order chi connectivity index (χ0) is 20.2. The Hall–Kier alpha value is -1.57. The third-order valence-electron chi connectivity index (χ3n) is 7.93. The van der Waals surface area contributed by atoms with Gasteiger partial charge in [0.1, 0.15) is 11.6 Å². The van der Waals surface area contributed by atoms with E-state index in [0.717, 1.165) is 28.7 Å². The third-order valence-corrected chi connectivity index (χ3v) is 7.93. The number of fused-ring (bicyclic) bond motifs is 1. The van der Waals surface area contributed by atoms with Gasteiger partial charge in [0.05, 0.1) is 0 Å². The van der Waals surface area contributed by atoms with Gasteiger partial charge in [0, 0.05) is 5.39 Å². The fourth-order valence-electron chi connectivity index (χ4n) is 6.11. The van der Waals surface area contributed by atoms with Gasteiger partial charge in [-0.2, -0.15) is 0 Å². The molecule has 0 radical (unpaired) electrons. The molecule has 0 saturated heterocycles. The second kappa shape index (κ2) is 9.49. The molecular formula is C27H37FO. The second-order valence-electron chi connectivity index (χ2n) is 9.80. The molecule has 0 heterocycles. The van der Waals surface area contributed by atoms with Gasteiger partial charge in [0.2, 0.25) is 0 Å². The number of halogens is 1. The van der Waals surface area contributed by atoms with E-state index in [4.69, 9.17) is 0 Å². The highest BCUT2D eigenvalue weighted by atomic mass is 19.1. The molecule has 0 atom stereocenters. The highest BCUT2D eigenvalue weighted by Gasteiger charge is 2.31. The lowest BCUT2D eigenvalue weighted by molar-refractivity contribution is 0.155. The Bertz CT molecular complexity index is 798.